The first-order valence-corrected chi connectivity index (χ1v) is 7.60. The fourth-order valence-corrected chi connectivity index (χ4v) is 3.19. The lowest BCUT2D eigenvalue weighted by atomic mass is 10.2. The minimum atomic E-state index is 0.304. The Hall–Kier alpha value is -0.650. The Morgan fingerprint density at radius 3 is 3.11 bits per heavy atom. The highest BCUT2D eigenvalue weighted by atomic mass is 32.1. The predicted octanol–water partition coefficient (Wildman–Crippen LogP) is 2.01. The third-order valence-corrected chi connectivity index (χ3v) is 4.57. The highest BCUT2D eigenvalue weighted by Gasteiger charge is 2.26. The molecule has 5 heteroatoms. The second kappa shape index (κ2) is 5.15. The standard InChI is InChI=1S/C13H21N3OS/c1-9-8-17-10(2)7-16(9)13-15-6-12(18-13)5-14-11-3-4-11/h6,9-11,14H,3-5,7-8H2,1-2H3. The minimum Gasteiger partial charge on any atom is -0.375 e. The zero-order valence-corrected chi connectivity index (χ0v) is 11.9. The van der Waals surface area contributed by atoms with Gasteiger partial charge in [0.05, 0.1) is 18.8 Å². The molecule has 0 bridgehead atoms. The van der Waals surface area contributed by atoms with E-state index in [-0.39, 0.29) is 0 Å². The summed E-state index contributed by atoms with van der Waals surface area (Å²) < 4.78 is 5.66. The molecule has 18 heavy (non-hydrogen) atoms. The maximum absolute atomic E-state index is 5.66. The van der Waals surface area contributed by atoms with Crippen molar-refractivity contribution in [3.63, 3.8) is 0 Å². The van der Waals surface area contributed by atoms with E-state index in [2.05, 4.69) is 29.0 Å². The zero-order chi connectivity index (χ0) is 12.5. The highest BCUT2D eigenvalue weighted by Crippen LogP contribution is 2.27. The van der Waals surface area contributed by atoms with E-state index < -0.39 is 0 Å². The molecule has 1 saturated carbocycles. The lowest BCUT2D eigenvalue weighted by molar-refractivity contribution is 0.0343. The van der Waals surface area contributed by atoms with E-state index in [1.807, 2.05) is 17.5 Å². The Bertz CT molecular complexity index is 405. The highest BCUT2D eigenvalue weighted by molar-refractivity contribution is 7.15. The summed E-state index contributed by atoms with van der Waals surface area (Å²) in [7, 11) is 0. The van der Waals surface area contributed by atoms with Crippen LogP contribution in [-0.2, 0) is 11.3 Å². The van der Waals surface area contributed by atoms with Gasteiger partial charge in [0.1, 0.15) is 0 Å². The van der Waals surface area contributed by atoms with Crippen molar-refractivity contribution >= 4 is 16.5 Å². The van der Waals surface area contributed by atoms with Crippen LogP contribution in [-0.4, -0.2) is 36.3 Å². The van der Waals surface area contributed by atoms with Crippen molar-refractivity contribution in [2.75, 3.05) is 18.1 Å². The average Bonchev–Trinajstić information content (AvgIpc) is 3.08. The molecule has 1 aliphatic heterocycles. The van der Waals surface area contributed by atoms with Crippen LogP contribution in [0.5, 0.6) is 0 Å². The molecule has 2 unspecified atom stereocenters. The van der Waals surface area contributed by atoms with Gasteiger partial charge in [-0.15, -0.1) is 11.3 Å². The molecule has 2 atom stereocenters. The van der Waals surface area contributed by atoms with Crippen molar-refractivity contribution in [1.29, 1.82) is 0 Å². The van der Waals surface area contributed by atoms with Crippen molar-refractivity contribution in [3.05, 3.63) is 11.1 Å². The van der Waals surface area contributed by atoms with Gasteiger partial charge in [0.2, 0.25) is 0 Å². The van der Waals surface area contributed by atoms with E-state index in [0.29, 0.717) is 12.1 Å². The molecular formula is C13H21N3OS. The minimum absolute atomic E-state index is 0.304. The molecule has 0 amide bonds. The van der Waals surface area contributed by atoms with Gasteiger partial charge in [-0.3, -0.25) is 0 Å². The molecule has 100 valence electrons. The number of aromatic nitrogens is 1. The first-order valence-electron chi connectivity index (χ1n) is 6.78. The van der Waals surface area contributed by atoms with Gasteiger partial charge in [-0.25, -0.2) is 4.98 Å². The number of hydrogen-bond acceptors (Lipinski definition) is 5. The second-order valence-corrected chi connectivity index (χ2v) is 6.50. The fraction of sp³-hybridized carbons (Fsp3) is 0.769. The molecule has 1 aliphatic carbocycles. The van der Waals surface area contributed by atoms with Crippen molar-refractivity contribution in [1.82, 2.24) is 10.3 Å². The van der Waals surface area contributed by atoms with Gasteiger partial charge in [0, 0.05) is 30.2 Å². The molecule has 0 spiro atoms. The average molecular weight is 267 g/mol. The topological polar surface area (TPSA) is 37.4 Å². The van der Waals surface area contributed by atoms with E-state index in [1.54, 1.807) is 0 Å². The van der Waals surface area contributed by atoms with Gasteiger partial charge in [-0.05, 0) is 26.7 Å². The summed E-state index contributed by atoms with van der Waals surface area (Å²) in [6.07, 6.45) is 4.99. The summed E-state index contributed by atoms with van der Waals surface area (Å²) in [4.78, 5) is 8.28. The number of morpholine rings is 1. The monoisotopic (exact) mass is 267 g/mol. The fourth-order valence-electron chi connectivity index (χ4n) is 2.21. The van der Waals surface area contributed by atoms with Gasteiger partial charge in [-0.1, -0.05) is 0 Å². The summed E-state index contributed by atoms with van der Waals surface area (Å²) in [6, 6.07) is 1.19. The number of hydrogen-bond donors (Lipinski definition) is 1. The summed E-state index contributed by atoms with van der Waals surface area (Å²) in [5, 5.41) is 4.68. The van der Waals surface area contributed by atoms with Crippen LogP contribution >= 0.6 is 11.3 Å². The Kier molecular flexibility index (Phi) is 3.54. The third kappa shape index (κ3) is 2.84. The molecule has 3 rings (SSSR count). The van der Waals surface area contributed by atoms with Crippen LogP contribution in [0.3, 0.4) is 0 Å². The van der Waals surface area contributed by atoms with E-state index in [4.69, 9.17) is 4.74 Å². The van der Waals surface area contributed by atoms with Gasteiger partial charge in [0.15, 0.2) is 5.13 Å². The van der Waals surface area contributed by atoms with Crippen LogP contribution in [0.2, 0.25) is 0 Å². The maximum atomic E-state index is 5.66. The lowest BCUT2D eigenvalue weighted by Crippen LogP contribution is -2.47. The normalized spacial score (nSPS) is 28.7. The van der Waals surface area contributed by atoms with Gasteiger partial charge in [-0.2, -0.15) is 0 Å². The molecule has 1 aromatic heterocycles. The summed E-state index contributed by atoms with van der Waals surface area (Å²) in [5.41, 5.74) is 0. The molecule has 2 aliphatic rings. The largest absolute Gasteiger partial charge is 0.375 e. The van der Waals surface area contributed by atoms with Crippen molar-refractivity contribution in [3.8, 4) is 0 Å². The van der Waals surface area contributed by atoms with Crippen LogP contribution in [0.15, 0.2) is 6.20 Å². The summed E-state index contributed by atoms with van der Waals surface area (Å²) in [6.45, 7) is 7.05. The number of nitrogens with one attached hydrogen (secondary N) is 1. The van der Waals surface area contributed by atoms with Crippen LogP contribution in [0, 0.1) is 0 Å². The van der Waals surface area contributed by atoms with E-state index in [9.17, 15) is 0 Å². The number of rotatable bonds is 4. The van der Waals surface area contributed by atoms with Crippen LogP contribution in [0.25, 0.3) is 0 Å². The molecule has 1 saturated heterocycles. The van der Waals surface area contributed by atoms with Gasteiger partial charge < -0.3 is 15.0 Å². The number of thiazole rings is 1. The maximum Gasteiger partial charge on any atom is 0.185 e. The molecule has 2 fully saturated rings. The Balaban J connectivity index is 1.63. The van der Waals surface area contributed by atoms with Crippen LogP contribution in [0.4, 0.5) is 5.13 Å². The Labute approximate surface area is 112 Å². The summed E-state index contributed by atoms with van der Waals surface area (Å²) >= 11 is 1.81. The molecule has 1 aromatic rings. The van der Waals surface area contributed by atoms with E-state index in [1.165, 1.54) is 17.7 Å². The first-order chi connectivity index (χ1) is 8.72. The van der Waals surface area contributed by atoms with Crippen LogP contribution in [0.1, 0.15) is 31.6 Å². The molecular weight excluding hydrogens is 246 g/mol. The predicted molar refractivity (Wildman–Crippen MR) is 74.2 cm³/mol. The van der Waals surface area contributed by atoms with Crippen LogP contribution < -0.4 is 10.2 Å². The molecule has 0 aromatic carbocycles. The zero-order valence-electron chi connectivity index (χ0n) is 11.1. The number of anilines is 1. The Morgan fingerprint density at radius 1 is 1.50 bits per heavy atom. The van der Waals surface area contributed by atoms with E-state index >= 15 is 0 Å². The van der Waals surface area contributed by atoms with Gasteiger partial charge in [0.25, 0.3) is 0 Å². The quantitative estimate of drug-likeness (QED) is 0.905. The van der Waals surface area contributed by atoms with Crippen molar-refractivity contribution in [2.45, 2.75) is 51.4 Å². The Morgan fingerprint density at radius 2 is 2.33 bits per heavy atom. The molecule has 4 nitrogen and oxygen atoms in total. The molecule has 2 heterocycles. The van der Waals surface area contributed by atoms with Crippen molar-refractivity contribution < 1.29 is 4.74 Å². The molecule has 0 radical (unpaired) electrons. The SMILES string of the molecule is CC1CN(c2ncc(CNC3CC3)s2)C(C)CO1. The first kappa shape index (κ1) is 12.4. The lowest BCUT2D eigenvalue weighted by Gasteiger charge is -2.36. The third-order valence-electron chi connectivity index (χ3n) is 3.54. The molecule has 1 N–H and O–H groups in total. The smallest absolute Gasteiger partial charge is 0.185 e. The van der Waals surface area contributed by atoms with Crippen molar-refractivity contribution in [2.24, 2.45) is 0 Å². The summed E-state index contributed by atoms with van der Waals surface area (Å²) in [5.74, 6) is 0. The number of nitrogens with zero attached hydrogens (tertiary/aromatic N) is 2. The van der Waals surface area contributed by atoms with Gasteiger partial charge >= 0.3 is 0 Å². The second-order valence-electron chi connectivity index (χ2n) is 5.41. The number of ether oxygens (including phenoxy) is 1. The van der Waals surface area contributed by atoms with E-state index in [0.717, 1.165) is 30.9 Å².